The Hall–Kier alpha value is -0.990. The van der Waals surface area contributed by atoms with Gasteiger partial charge in [0.25, 0.3) is 0 Å². The highest BCUT2D eigenvalue weighted by Gasteiger charge is 2.23. The molecule has 0 bridgehead atoms. The summed E-state index contributed by atoms with van der Waals surface area (Å²) < 4.78 is 14.3. The van der Waals surface area contributed by atoms with E-state index in [2.05, 4.69) is 11.3 Å². The number of aliphatic hydroxyl groups is 3. The molecule has 120 valence electrons. The topological polar surface area (TPSA) is 109 Å². The standard InChI is InChI=1S/C6H8O3.C4H10O.C3H8O3/c1-2-6(7)9-4-5-3-8-5;1-3-5-4-2;4-1-3(6)2-5/h2,5H,1,3-4H2;3-4H2,1-2H3;3-6H,1-2H2. The van der Waals surface area contributed by atoms with E-state index in [1.165, 1.54) is 0 Å². The van der Waals surface area contributed by atoms with E-state index in [9.17, 15) is 4.79 Å². The first-order chi connectivity index (χ1) is 9.55. The van der Waals surface area contributed by atoms with Crippen LogP contribution < -0.4 is 0 Å². The van der Waals surface area contributed by atoms with Crippen molar-refractivity contribution in [3.8, 4) is 0 Å². The first-order valence-electron chi connectivity index (χ1n) is 6.43. The highest BCUT2D eigenvalue weighted by atomic mass is 16.6. The Morgan fingerprint density at radius 2 is 1.90 bits per heavy atom. The van der Waals surface area contributed by atoms with Crippen LogP contribution in [0, 0.1) is 0 Å². The summed E-state index contributed by atoms with van der Waals surface area (Å²) in [5.41, 5.74) is 0. The average molecular weight is 294 g/mol. The van der Waals surface area contributed by atoms with E-state index >= 15 is 0 Å². The first-order valence-corrected chi connectivity index (χ1v) is 6.43. The second-order valence-electron chi connectivity index (χ2n) is 3.59. The van der Waals surface area contributed by atoms with Gasteiger partial charge in [-0.2, -0.15) is 0 Å². The maximum Gasteiger partial charge on any atom is 0.330 e. The molecule has 0 radical (unpaired) electrons. The molecule has 0 saturated carbocycles. The molecule has 1 unspecified atom stereocenters. The molecule has 1 rings (SSSR count). The van der Waals surface area contributed by atoms with Crippen LogP contribution in [0.1, 0.15) is 13.8 Å². The maximum absolute atomic E-state index is 10.3. The van der Waals surface area contributed by atoms with Crippen LogP contribution in [0.4, 0.5) is 0 Å². The molecular weight excluding hydrogens is 268 g/mol. The number of carbonyl (C=O) groups is 1. The van der Waals surface area contributed by atoms with Gasteiger partial charge in [-0.1, -0.05) is 6.58 Å². The number of epoxide rings is 1. The van der Waals surface area contributed by atoms with Crippen molar-refractivity contribution in [3.05, 3.63) is 12.7 Å². The van der Waals surface area contributed by atoms with Crippen molar-refractivity contribution in [1.29, 1.82) is 0 Å². The van der Waals surface area contributed by atoms with Gasteiger partial charge in [-0.05, 0) is 13.8 Å². The minimum absolute atomic E-state index is 0.147. The molecule has 1 saturated heterocycles. The quantitative estimate of drug-likeness (QED) is 0.329. The lowest BCUT2D eigenvalue weighted by Gasteiger charge is -1.96. The van der Waals surface area contributed by atoms with Gasteiger partial charge >= 0.3 is 5.97 Å². The van der Waals surface area contributed by atoms with Crippen LogP contribution in [-0.4, -0.2) is 73.1 Å². The molecular formula is C13H26O7. The third-order valence-corrected chi connectivity index (χ3v) is 1.81. The zero-order valence-corrected chi connectivity index (χ0v) is 12.2. The normalized spacial score (nSPS) is 15.4. The number of aliphatic hydroxyl groups excluding tert-OH is 3. The molecule has 1 fully saturated rings. The van der Waals surface area contributed by atoms with Crippen molar-refractivity contribution < 1.29 is 34.3 Å². The number of ether oxygens (including phenoxy) is 3. The minimum atomic E-state index is -0.954. The van der Waals surface area contributed by atoms with E-state index in [4.69, 9.17) is 24.8 Å². The lowest BCUT2D eigenvalue weighted by atomic mass is 10.4. The van der Waals surface area contributed by atoms with Crippen LogP contribution in [0.5, 0.6) is 0 Å². The van der Waals surface area contributed by atoms with Crippen LogP contribution in [0.15, 0.2) is 12.7 Å². The largest absolute Gasteiger partial charge is 0.460 e. The molecule has 0 aliphatic carbocycles. The van der Waals surface area contributed by atoms with Crippen LogP contribution in [0.25, 0.3) is 0 Å². The summed E-state index contributed by atoms with van der Waals surface area (Å²) in [4.78, 5) is 10.3. The fraction of sp³-hybridized carbons (Fsp3) is 0.769. The smallest absolute Gasteiger partial charge is 0.330 e. The number of rotatable bonds is 7. The molecule has 7 nitrogen and oxygen atoms in total. The van der Waals surface area contributed by atoms with Gasteiger partial charge in [-0.3, -0.25) is 0 Å². The third-order valence-electron chi connectivity index (χ3n) is 1.81. The van der Waals surface area contributed by atoms with Crippen molar-refractivity contribution in [2.45, 2.75) is 26.1 Å². The van der Waals surface area contributed by atoms with Crippen molar-refractivity contribution in [3.63, 3.8) is 0 Å². The Balaban J connectivity index is 0. The summed E-state index contributed by atoms with van der Waals surface area (Å²) in [6, 6.07) is 0. The van der Waals surface area contributed by atoms with Crippen LogP contribution in [0.2, 0.25) is 0 Å². The fourth-order valence-corrected chi connectivity index (χ4v) is 0.660. The van der Waals surface area contributed by atoms with E-state index in [1.54, 1.807) is 0 Å². The van der Waals surface area contributed by atoms with Crippen LogP contribution in [-0.2, 0) is 19.0 Å². The van der Waals surface area contributed by atoms with Gasteiger partial charge in [0.05, 0.1) is 19.8 Å². The van der Waals surface area contributed by atoms with Crippen molar-refractivity contribution in [2.24, 2.45) is 0 Å². The number of carbonyl (C=O) groups excluding carboxylic acids is 1. The Morgan fingerprint density at radius 1 is 1.40 bits per heavy atom. The monoisotopic (exact) mass is 294 g/mol. The first kappa shape index (κ1) is 21.3. The SMILES string of the molecule is C=CC(=O)OCC1CO1.CCOCC.OCC(O)CO. The number of esters is 1. The molecule has 1 aliphatic rings. The Kier molecular flexibility index (Phi) is 17.1. The molecule has 0 aromatic carbocycles. The maximum atomic E-state index is 10.3. The van der Waals surface area contributed by atoms with E-state index in [-0.39, 0.29) is 25.3 Å². The molecule has 1 aliphatic heterocycles. The summed E-state index contributed by atoms with van der Waals surface area (Å²) in [5.74, 6) is -0.384. The molecule has 0 aromatic rings. The lowest BCUT2D eigenvalue weighted by molar-refractivity contribution is -0.138. The molecule has 3 N–H and O–H groups in total. The van der Waals surface area contributed by atoms with Gasteiger partial charge in [0.1, 0.15) is 18.8 Å². The second kappa shape index (κ2) is 16.1. The van der Waals surface area contributed by atoms with Gasteiger partial charge in [-0.25, -0.2) is 4.79 Å². The van der Waals surface area contributed by atoms with Gasteiger partial charge in [0.2, 0.25) is 0 Å². The predicted molar refractivity (Wildman–Crippen MR) is 73.2 cm³/mol. The number of hydrogen-bond acceptors (Lipinski definition) is 7. The van der Waals surface area contributed by atoms with E-state index in [1.807, 2.05) is 13.8 Å². The van der Waals surface area contributed by atoms with Gasteiger partial charge in [0, 0.05) is 19.3 Å². The Bertz CT molecular complexity index is 223. The van der Waals surface area contributed by atoms with Gasteiger partial charge in [0.15, 0.2) is 0 Å². The van der Waals surface area contributed by atoms with E-state index in [0.29, 0.717) is 13.2 Å². The summed E-state index contributed by atoms with van der Waals surface area (Å²) in [6.45, 7) is 9.26. The third kappa shape index (κ3) is 19.4. The number of hydrogen-bond donors (Lipinski definition) is 3. The molecule has 0 aromatic heterocycles. The minimum Gasteiger partial charge on any atom is -0.460 e. The summed E-state index contributed by atoms with van der Waals surface area (Å²) in [6.07, 6.45) is 0.335. The van der Waals surface area contributed by atoms with Gasteiger partial charge in [-0.15, -0.1) is 0 Å². The zero-order chi connectivity index (χ0) is 15.8. The highest BCUT2D eigenvalue weighted by Crippen LogP contribution is 2.08. The molecule has 7 heteroatoms. The van der Waals surface area contributed by atoms with Gasteiger partial charge < -0.3 is 29.5 Å². The van der Waals surface area contributed by atoms with E-state index < -0.39 is 6.10 Å². The van der Waals surface area contributed by atoms with Crippen LogP contribution in [0.3, 0.4) is 0 Å². The second-order valence-corrected chi connectivity index (χ2v) is 3.59. The van der Waals surface area contributed by atoms with Crippen molar-refractivity contribution in [2.75, 3.05) is 39.6 Å². The highest BCUT2D eigenvalue weighted by molar-refractivity contribution is 5.81. The zero-order valence-electron chi connectivity index (χ0n) is 12.2. The average Bonchev–Trinajstić information content (AvgIpc) is 3.30. The molecule has 0 amide bonds. The molecule has 20 heavy (non-hydrogen) atoms. The summed E-state index contributed by atoms with van der Waals surface area (Å²) in [5, 5.41) is 24.0. The van der Waals surface area contributed by atoms with Crippen molar-refractivity contribution >= 4 is 5.97 Å². The summed E-state index contributed by atoms with van der Waals surface area (Å²) in [7, 11) is 0. The fourth-order valence-electron chi connectivity index (χ4n) is 0.660. The lowest BCUT2D eigenvalue weighted by Crippen LogP contribution is -2.15. The molecule has 0 spiro atoms. The van der Waals surface area contributed by atoms with Crippen LogP contribution >= 0.6 is 0 Å². The molecule has 1 heterocycles. The predicted octanol–water partition coefficient (Wildman–Crippen LogP) is -0.511. The Morgan fingerprint density at radius 3 is 2.10 bits per heavy atom. The van der Waals surface area contributed by atoms with Crippen molar-refractivity contribution in [1.82, 2.24) is 0 Å². The molecule has 1 atom stereocenters. The summed E-state index contributed by atoms with van der Waals surface area (Å²) >= 11 is 0. The Labute approximate surface area is 119 Å². The van der Waals surface area contributed by atoms with E-state index in [0.717, 1.165) is 19.3 Å².